The van der Waals surface area contributed by atoms with Crippen molar-refractivity contribution in [2.75, 3.05) is 7.05 Å². The summed E-state index contributed by atoms with van der Waals surface area (Å²) in [6.45, 7) is 3.78. The molecule has 1 rings (SSSR count). The van der Waals surface area contributed by atoms with E-state index >= 15 is 0 Å². The molecule has 0 saturated heterocycles. The molecule has 1 heteroatoms. The molecule has 0 bridgehead atoms. The zero-order valence-corrected chi connectivity index (χ0v) is 6.77. The standard InChI is InChI=1S/C9H17N/c1-3-9(10-2)7-8-5-4-6-8/h3,8-10H,1,4-7H2,2H3. The Morgan fingerprint density at radius 1 is 1.70 bits per heavy atom. The molecule has 1 saturated carbocycles. The maximum atomic E-state index is 3.78. The van der Waals surface area contributed by atoms with Crippen LogP contribution in [0.5, 0.6) is 0 Å². The Kier molecular flexibility index (Phi) is 2.94. The molecule has 1 unspecified atom stereocenters. The van der Waals surface area contributed by atoms with E-state index < -0.39 is 0 Å². The van der Waals surface area contributed by atoms with Crippen molar-refractivity contribution in [3.05, 3.63) is 12.7 Å². The van der Waals surface area contributed by atoms with Crippen molar-refractivity contribution in [2.45, 2.75) is 31.7 Å². The smallest absolute Gasteiger partial charge is 0.0247 e. The van der Waals surface area contributed by atoms with Crippen LogP contribution in [0.2, 0.25) is 0 Å². The second kappa shape index (κ2) is 3.77. The largest absolute Gasteiger partial charge is 0.314 e. The normalized spacial score (nSPS) is 21.7. The van der Waals surface area contributed by atoms with Crippen LogP contribution < -0.4 is 5.32 Å². The van der Waals surface area contributed by atoms with Gasteiger partial charge in [-0.1, -0.05) is 25.3 Å². The molecule has 0 spiro atoms. The molecule has 1 aliphatic rings. The molecule has 0 aromatic rings. The Morgan fingerprint density at radius 2 is 2.40 bits per heavy atom. The van der Waals surface area contributed by atoms with Gasteiger partial charge in [-0.15, -0.1) is 6.58 Å². The Labute approximate surface area is 63.5 Å². The van der Waals surface area contributed by atoms with E-state index in [1.54, 1.807) is 0 Å². The summed E-state index contributed by atoms with van der Waals surface area (Å²) in [5.41, 5.74) is 0. The summed E-state index contributed by atoms with van der Waals surface area (Å²) in [6, 6.07) is 0.547. The molecule has 1 fully saturated rings. The van der Waals surface area contributed by atoms with E-state index in [1.807, 2.05) is 13.1 Å². The number of nitrogens with one attached hydrogen (secondary N) is 1. The van der Waals surface area contributed by atoms with E-state index in [2.05, 4.69) is 11.9 Å². The number of likely N-dealkylation sites (N-methyl/N-ethyl adjacent to an activating group) is 1. The lowest BCUT2D eigenvalue weighted by atomic mass is 9.81. The van der Waals surface area contributed by atoms with Crippen molar-refractivity contribution in [3.63, 3.8) is 0 Å². The molecule has 0 aromatic carbocycles. The first kappa shape index (κ1) is 7.80. The van der Waals surface area contributed by atoms with Crippen LogP contribution in [0.1, 0.15) is 25.7 Å². The minimum atomic E-state index is 0.547. The third-order valence-corrected chi connectivity index (χ3v) is 2.47. The summed E-state index contributed by atoms with van der Waals surface area (Å²) in [5, 5.41) is 3.23. The maximum absolute atomic E-state index is 3.78. The van der Waals surface area contributed by atoms with Crippen LogP contribution in [-0.2, 0) is 0 Å². The van der Waals surface area contributed by atoms with Crippen LogP contribution in [0.3, 0.4) is 0 Å². The quantitative estimate of drug-likeness (QED) is 0.587. The number of hydrogen-bond acceptors (Lipinski definition) is 1. The lowest BCUT2D eigenvalue weighted by Gasteiger charge is -2.28. The van der Waals surface area contributed by atoms with Crippen molar-refractivity contribution in [1.29, 1.82) is 0 Å². The van der Waals surface area contributed by atoms with Crippen LogP contribution in [-0.4, -0.2) is 13.1 Å². The fraction of sp³-hybridized carbons (Fsp3) is 0.778. The minimum Gasteiger partial charge on any atom is -0.314 e. The van der Waals surface area contributed by atoms with E-state index in [0.717, 1.165) is 5.92 Å². The topological polar surface area (TPSA) is 12.0 Å². The van der Waals surface area contributed by atoms with E-state index in [4.69, 9.17) is 0 Å². The van der Waals surface area contributed by atoms with Gasteiger partial charge in [0.2, 0.25) is 0 Å². The lowest BCUT2D eigenvalue weighted by Crippen LogP contribution is -2.27. The second-order valence-corrected chi connectivity index (χ2v) is 3.16. The third-order valence-electron chi connectivity index (χ3n) is 2.47. The summed E-state index contributed by atoms with van der Waals surface area (Å²) in [4.78, 5) is 0. The van der Waals surface area contributed by atoms with Gasteiger partial charge in [0.05, 0.1) is 0 Å². The fourth-order valence-electron chi connectivity index (χ4n) is 1.42. The van der Waals surface area contributed by atoms with E-state index in [9.17, 15) is 0 Å². The van der Waals surface area contributed by atoms with Gasteiger partial charge in [-0.2, -0.15) is 0 Å². The van der Waals surface area contributed by atoms with Crippen LogP contribution in [0.25, 0.3) is 0 Å². The van der Waals surface area contributed by atoms with Gasteiger partial charge in [0.25, 0.3) is 0 Å². The molecule has 1 nitrogen and oxygen atoms in total. The summed E-state index contributed by atoms with van der Waals surface area (Å²) < 4.78 is 0. The second-order valence-electron chi connectivity index (χ2n) is 3.16. The first-order chi connectivity index (χ1) is 4.86. The van der Waals surface area contributed by atoms with Crippen molar-refractivity contribution in [1.82, 2.24) is 5.32 Å². The molecule has 0 radical (unpaired) electrons. The fourth-order valence-corrected chi connectivity index (χ4v) is 1.42. The molecule has 0 heterocycles. The first-order valence-corrected chi connectivity index (χ1v) is 4.16. The van der Waals surface area contributed by atoms with E-state index in [1.165, 1.54) is 25.7 Å². The Bertz CT molecular complexity index is 105. The van der Waals surface area contributed by atoms with Gasteiger partial charge in [-0.05, 0) is 19.4 Å². The van der Waals surface area contributed by atoms with E-state index in [-0.39, 0.29) is 0 Å². The van der Waals surface area contributed by atoms with Gasteiger partial charge < -0.3 is 5.32 Å². The lowest BCUT2D eigenvalue weighted by molar-refractivity contribution is 0.278. The molecule has 10 heavy (non-hydrogen) atoms. The van der Waals surface area contributed by atoms with Crippen molar-refractivity contribution in [3.8, 4) is 0 Å². The Morgan fingerprint density at radius 3 is 2.70 bits per heavy atom. The van der Waals surface area contributed by atoms with Gasteiger partial charge in [-0.25, -0.2) is 0 Å². The molecule has 1 aliphatic carbocycles. The first-order valence-electron chi connectivity index (χ1n) is 4.16. The summed E-state index contributed by atoms with van der Waals surface area (Å²) in [7, 11) is 2.00. The SMILES string of the molecule is C=CC(CC1CCC1)NC. The van der Waals surface area contributed by atoms with Gasteiger partial charge in [-0.3, -0.25) is 0 Å². The minimum absolute atomic E-state index is 0.547. The Hall–Kier alpha value is -0.300. The number of rotatable bonds is 4. The summed E-state index contributed by atoms with van der Waals surface area (Å²) >= 11 is 0. The molecule has 1 N–H and O–H groups in total. The molecular weight excluding hydrogens is 122 g/mol. The number of hydrogen-bond donors (Lipinski definition) is 1. The molecule has 0 aromatic heterocycles. The van der Waals surface area contributed by atoms with Gasteiger partial charge >= 0.3 is 0 Å². The van der Waals surface area contributed by atoms with Gasteiger partial charge in [0, 0.05) is 6.04 Å². The molecule has 1 atom stereocenters. The highest BCUT2D eigenvalue weighted by atomic mass is 14.9. The molecule has 0 aliphatic heterocycles. The maximum Gasteiger partial charge on any atom is 0.0247 e. The van der Waals surface area contributed by atoms with Crippen LogP contribution in [0.4, 0.5) is 0 Å². The zero-order valence-electron chi connectivity index (χ0n) is 6.77. The van der Waals surface area contributed by atoms with Crippen molar-refractivity contribution >= 4 is 0 Å². The van der Waals surface area contributed by atoms with Crippen LogP contribution in [0.15, 0.2) is 12.7 Å². The predicted octanol–water partition coefficient (Wildman–Crippen LogP) is 1.95. The molecular formula is C9H17N. The highest BCUT2D eigenvalue weighted by molar-refractivity contribution is 4.88. The van der Waals surface area contributed by atoms with Crippen molar-refractivity contribution < 1.29 is 0 Å². The van der Waals surface area contributed by atoms with Crippen LogP contribution in [0, 0.1) is 5.92 Å². The highest BCUT2D eigenvalue weighted by Crippen LogP contribution is 2.30. The average Bonchev–Trinajstić information content (AvgIpc) is 1.87. The zero-order chi connectivity index (χ0) is 7.40. The van der Waals surface area contributed by atoms with Gasteiger partial charge in [0.15, 0.2) is 0 Å². The third kappa shape index (κ3) is 1.84. The summed E-state index contributed by atoms with van der Waals surface area (Å²) in [6.07, 6.45) is 7.62. The highest BCUT2D eigenvalue weighted by Gasteiger charge is 2.19. The van der Waals surface area contributed by atoms with Crippen LogP contribution >= 0.6 is 0 Å². The monoisotopic (exact) mass is 139 g/mol. The Balaban J connectivity index is 2.13. The molecule has 0 amide bonds. The average molecular weight is 139 g/mol. The van der Waals surface area contributed by atoms with Crippen molar-refractivity contribution in [2.24, 2.45) is 5.92 Å². The molecule has 58 valence electrons. The summed E-state index contributed by atoms with van der Waals surface area (Å²) in [5.74, 6) is 0.982. The van der Waals surface area contributed by atoms with E-state index in [0.29, 0.717) is 6.04 Å². The van der Waals surface area contributed by atoms with Gasteiger partial charge in [0.1, 0.15) is 0 Å². The predicted molar refractivity (Wildman–Crippen MR) is 45.0 cm³/mol.